The normalized spacial score (nSPS) is 17.1. The maximum atomic E-state index is 13.1. The molecule has 0 aliphatic carbocycles. The maximum Gasteiger partial charge on any atom is 0.262 e. The van der Waals surface area contributed by atoms with Crippen molar-refractivity contribution in [1.29, 1.82) is 0 Å². The van der Waals surface area contributed by atoms with E-state index in [1.807, 2.05) is 39.8 Å². The number of benzene rings is 2. The molecule has 1 heterocycles. The minimum atomic E-state index is -3.70. The molecule has 6 heteroatoms. The van der Waals surface area contributed by atoms with Crippen LogP contribution in [0.3, 0.4) is 0 Å². The molecule has 1 saturated heterocycles. The highest BCUT2D eigenvalue weighted by atomic mass is 32.2. The van der Waals surface area contributed by atoms with Gasteiger partial charge in [-0.3, -0.25) is 4.72 Å². The summed E-state index contributed by atoms with van der Waals surface area (Å²) in [6.07, 6.45) is 2.17. The van der Waals surface area contributed by atoms with E-state index >= 15 is 0 Å². The summed E-state index contributed by atoms with van der Waals surface area (Å²) in [6.45, 7) is 8.81. The van der Waals surface area contributed by atoms with Crippen molar-refractivity contribution >= 4 is 15.7 Å². The highest BCUT2D eigenvalue weighted by Crippen LogP contribution is 2.29. The molecular formula is C21H27NO4S. The van der Waals surface area contributed by atoms with Crippen molar-refractivity contribution in [2.24, 2.45) is 0 Å². The van der Waals surface area contributed by atoms with Crippen LogP contribution in [0.5, 0.6) is 5.75 Å². The number of sulfonamides is 1. The Balaban J connectivity index is 1.81. The Morgan fingerprint density at radius 3 is 2.44 bits per heavy atom. The highest BCUT2D eigenvalue weighted by Gasteiger charge is 2.22. The molecule has 2 aromatic carbocycles. The van der Waals surface area contributed by atoms with E-state index in [-0.39, 0.29) is 6.10 Å². The molecule has 3 rings (SSSR count). The van der Waals surface area contributed by atoms with Crippen LogP contribution in [0.2, 0.25) is 0 Å². The molecule has 0 aromatic heterocycles. The highest BCUT2D eigenvalue weighted by molar-refractivity contribution is 7.92. The summed E-state index contributed by atoms with van der Waals surface area (Å²) in [5, 5.41) is 0. The van der Waals surface area contributed by atoms with Gasteiger partial charge in [0.25, 0.3) is 10.0 Å². The average Bonchev–Trinajstić information content (AvgIpc) is 3.12. The summed E-state index contributed by atoms with van der Waals surface area (Å²) in [4.78, 5) is 0.352. The van der Waals surface area contributed by atoms with Crippen LogP contribution in [-0.2, 0) is 14.8 Å². The minimum Gasteiger partial charge on any atom is -0.491 e. The maximum absolute atomic E-state index is 13.1. The summed E-state index contributed by atoms with van der Waals surface area (Å²) in [5.41, 5.74) is 3.96. The molecule has 1 N–H and O–H groups in total. The fourth-order valence-electron chi connectivity index (χ4n) is 3.40. The molecule has 0 amide bonds. The van der Waals surface area contributed by atoms with E-state index < -0.39 is 10.0 Å². The Kier molecular flexibility index (Phi) is 5.77. The summed E-state index contributed by atoms with van der Waals surface area (Å²) in [6, 6.07) is 9.05. The van der Waals surface area contributed by atoms with E-state index in [1.165, 1.54) is 0 Å². The van der Waals surface area contributed by atoms with Crippen LogP contribution in [0, 0.1) is 27.7 Å². The Bertz CT molecular complexity index is 905. The number of hydrogen-bond donors (Lipinski definition) is 1. The van der Waals surface area contributed by atoms with Gasteiger partial charge >= 0.3 is 0 Å². The second kappa shape index (κ2) is 7.90. The molecule has 1 aliphatic heterocycles. The Labute approximate surface area is 161 Å². The molecule has 1 unspecified atom stereocenters. The van der Waals surface area contributed by atoms with Gasteiger partial charge in [-0.05, 0) is 74.9 Å². The lowest BCUT2D eigenvalue weighted by Crippen LogP contribution is -2.18. The van der Waals surface area contributed by atoms with E-state index in [1.54, 1.807) is 18.2 Å². The van der Waals surface area contributed by atoms with E-state index in [2.05, 4.69) is 4.72 Å². The van der Waals surface area contributed by atoms with Crippen molar-refractivity contribution in [3.05, 3.63) is 52.6 Å². The number of rotatable bonds is 6. The second-order valence-corrected chi connectivity index (χ2v) is 8.79. The molecule has 0 radical (unpaired) electrons. The summed E-state index contributed by atoms with van der Waals surface area (Å²) in [7, 11) is -3.70. The van der Waals surface area contributed by atoms with Gasteiger partial charge in [0, 0.05) is 12.7 Å². The molecular weight excluding hydrogens is 362 g/mol. The van der Waals surface area contributed by atoms with E-state index in [9.17, 15) is 8.42 Å². The summed E-state index contributed by atoms with van der Waals surface area (Å²) < 4.78 is 40.1. The van der Waals surface area contributed by atoms with Crippen molar-refractivity contribution < 1.29 is 17.9 Å². The van der Waals surface area contributed by atoms with Gasteiger partial charge in [0.1, 0.15) is 12.4 Å². The first-order valence-corrected chi connectivity index (χ1v) is 10.7. The van der Waals surface area contributed by atoms with Crippen LogP contribution in [0.25, 0.3) is 0 Å². The fraction of sp³-hybridized carbons (Fsp3) is 0.429. The molecule has 0 spiro atoms. The van der Waals surface area contributed by atoms with Gasteiger partial charge in [-0.15, -0.1) is 0 Å². The molecule has 2 aromatic rings. The summed E-state index contributed by atoms with van der Waals surface area (Å²) >= 11 is 0. The lowest BCUT2D eigenvalue weighted by atomic mass is 10.0. The first-order chi connectivity index (χ1) is 12.8. The standard InChI is InChI=1S/C21H27NO4S/c1-14-11-15(2)17(4)21(16(14)3)27(23,24)22-18-7-5-8-19(12-18)26-13-20-9-6-10-25-20/h5,7-8,11-12,20,22H,6,9-10,13H2,1-4H3. The van der Waals surface area contributed by atoms with Crippen molar-refractivity contribution in [2.75, 3.05) is 17.9 Å². The molecule has 5 nitrogen and oxygen atoms in total. The van der Waals surface area contributed by atoms with Crippen LogP contribution in [-0.4, -0.2) is 27.7 Å². The molecule has 1 fully saturated rings. The average molecular weight is 390 g/mol. The monoisotopic (exact) mass is 389 g/mol. The minimum absolute atomic E-state index is 0.117. The van der Waals surface area contributed by atoms with Crippen molar-refractivity contribution in [2.45, 2.75) is 51.5 Å². The predicted octanol–water partition coefficient (Wildman–Crippen LogP) is 4.28. The SMILES string of the molecule is Cc1cc(C)c(C)c(S(=O)(=O)Nc2cccc(OCC3CCCO3)c2)c1C. The molecule has 1 aliphatic rings. The van der Waals surface area contributed by atoms with E-state index in [0.29, 0.717) is 22.9 Å². The molecule has 0 bridgehead atoms. The Morgan fingerprint density at radius 1 is 1.11 bits per heavy atom. The predicted molar refractivity (Wildman–Crippen MR) is 107 cm³/mol. The third-order valence-corrected chi connectivity index (χ3v) is 6.77. The molecule has 0 saturated carbocycles. The molecule has 27 heavy (non-hydrogen) atoms. The second-order valence-electron chi connectivity index (χ2n) is 7.17. The van der Waals surface area contributed by atoms with Gasteiger partial charge in [-0.1, -0.05) is 12.1 Å². The van der Waals surface area contributed by atoms with Crippen LogP contribution in [0.1, 0.15) is 35.1 Å². The number of nitrogens with one attached hydrogen (secondary N) is 1. The first kappa shape index (κ1) is 19.7. The smallest absolute Gasteiger partial charge is 0.262 e. The zero-order chi connectivity index (χ0) is 19.6. The van der Waals surface area contributed by atoms with Crippen LogP contribution in [0.4, 0.5) is 5.69 Å². The summed E-state index contributed by atoms with van der Waals surface area (Å²) in [5.74, 6) is 0.625. The number of ether oxygens (including phenoxy) is 2. The van der Waals surface area contributed by atoms with E-state index in [0.717, 1.165) is 41.7 Å². The van der Waals surface area contributed by atoms with Gasteiger partial charge in [0.2, 0.25) is 0 Å². The first-order valence-electron chi connectivity index (χ1n) is 9.22. The Morgan fingerprint density at radius 2 is 1.81 bits per heavy atom. The molecule has 146 valence electrons. The van der Waals surface area contributed by atoms with Crippen LogP contribution < -0.4 is 9.46 Å². The third-order valence-electron chi connectivity index (χ3n) is 5.11. The van der Waals surface area contributed by atoms with Crippen LogP contribution >= 0.6 is 0 Å². The lowest BCUT2D eigenvalue weighted by Gasteiger charge is -2.17. The van der Waals surface area contributed by atoms with Crippen LogP contribution in [0.15, 0.2) is 35.2 Å². The zero-order valence-electron chi connectivity index (χ0n) is 16.3. The van der Waals surface area contributed by atoms with Crippen molar-refractivity contribution in [1.82, 2.24) is 0 Å². The zero-order valence-corrected chi connectivity index (χ0v) is 17.2. The molecule has 1 atom stereocenters. The number of anilines is 1. The van der Waals surface area contributed by atoms with Gasteiger partial charge < -0.3 is 9.47 Å². The topological polar surface area (TPSA) is 64.6 Å². The van der Waals surface area contributed by atoms with Crippen molar-refractivity contribution in [3.63, 3.8) is 0 Å². The number of aryl methyl sites for hydroxylation is 2. The van der Waals surface area contributed by atoms with Gasteiger partial charge in [-0.25, -0.2) is 8.42 Å². The van der Waals surface area contributed by atoms with Gasteiger partial charge in [-0.2, -0.15) is 0 Å². The Hall–Kier alpha value is -2.05. The van der Waals surface area contributed by atoms with Gasteiger partial charge in [0.05, 0.1) is 16.7 Å². The largest absolute Gasteiger partial charge is 0.491 e. The van der Waals surface area contributed by atoms with Crippen molar-refractivity contribution in [3.8, 4) is 5.75 Å². The third kappa shape index (κ3) is 4.45. The quantitative estimate of drug-likeness (QED) is 0.801. The van der Waals surface area contributed by atoms with E-state index in [4.69, 9.17) is 9.47 Å². The fourth-order valence-corrected chi connectivity index (χ4v) is 5.07. The number of hydrogen-bond acceptors (Lipinski definition) is 4. The van der Waals surface area contributed by atoms with Gasteiger partial charge in [0.15, 0.2) is 0 Å². The lowest BCUT2D eigenvalue weighted by molar-refractivity contribution is 0.0680.